The van der Waals surface area contributed by atoms with Crippen molar-refractivity contribution in [2.45, 2.75) is 56.6 Å². The van der Waals surface area contributed by atoms with Crippen LogP contribution in [0.4, 0.5) is 4.39 Å². The van der Waals surface area contributed by atoms with E-state index in [2.05, 4.69) is 9.38 Å². The van der Waals surface area contributed by atoms with Crippen molar-refractivity contribution in [2.75, 3.05) is 18.3 Å². The quantitative estimate of drug-likeness (QED) is 0.530. The number of hydrogen-bond acceptors (Lipinski definition) is 4. The molecule has 0 radical (unpaired) electrons. The van der Waals surface area contributed by atoms with E-state index in [0.717, 1.165) is 47.9 Å². The molecule has 1 aromatic heterocycles. The topological polar surface area (TPSA) is 65.4 Å². The van der Waals surface area contributed by atoms with Crippen LogP contribution < -0.4 is 0 Å². The number of hydrogen-bond donors (Lipinski definition) is 1. The number of thiol groups is 1. The zero-order valence-corrected chi connectivity index (χ0v) is 19.4. The van der Waals surface area contributed by atoms with Crippen molar-refractivity contribution in [3.8, 4) is 0 Å². The first kappa shape index (κ1) is 22.4. The van der Waals surface area contributed by atoms with E-state index in [9.17, 15) is 13.2 Å². The lowest BCUT2D eigenvalue weighted by Gasteiger charge is -2.28. The number of aromatic nitrogens is 1. The molecule has 1 aromatic carbocycles. The van der Waals surface area contributed by atoms with Gasteiger partial charge in [-0.15, -0.1) is 9.93 Å². The first-order chi connectivity index (χ1) is 13.5. The lowest BCUT2D eigenvalue weighted by molar-refractivity contribution is 0.536. The second-order valence-electron chi connectivity index (χ2n) is 9.05. The molecule has 1 fully saturated rings. The van der Waals surface area contributed by atoms with E-state index in [4.69, 9.17) is 0 Å². The fraction of sp³-hybridized carbons (Fsp3) is 0.545. The second-order valence-corrected chi connectivity index (χ2v) is 14.4. The highest BCUT2D eigenvalue weighted by Gasteiger charge is 2.34. The van der Waals surface area contributed by atoms with Crippen LogP contribution in [0.5, 0.6) is 0 Å². The van der Waals surface area contributed by atoms with Gasteiger partial charge in [-0.25, -0.2) is 4.39 Å². The molecule has 1 saturated carbocycles. The molecule has 29 heavy (non-hydrogen) atoms. The van der Waals surface area contributed by atoms with Crippen molar-refractivity contribution in [1.82, 2.24) is 4.98 Å². The lowest BCUT2D eigenvalue weighted by Crippen LogP contribution is -2.34. The van der Waals surface area contributed by atoms with Crippen LogP contribution in [0.25, 0.3) is 10.9 Å². The number of benzene rings is 1. The summed E-state index contributed by atoms with van der Waals surface area (Å²) in [5, 5.41) is 0.881. The van der Waals surface area contributed by atoms with Crippen LogP contribution >= 0.6 is 0 Å². The Kier molecular flexibility index (Phi) is 6.81. The smallest absolute Gasteiger partial charge is 0.148 e. The average Bonchev–Trinajstić information content (AvgIpc) is 2.66. The number of pyridine rings is 1. The molecular formula is C22H31FN2O2S2. The minimum atomic E-state index is -2.13. The maximum Gasteiger partial charge on any atom is 0.148 e. The highest BCUT2D eigenvalue weighted by Crippen LogP contribution is 2.36. The third-order valence-corrected chi connectivity index (χ3v) is 8.55. The van der Waals surface area contributed by atoms with Crippen molar-refractivity contribution < 1.29 is 13.2 Å². The van der Waals surface area contributed by atoms with E-state index in [-0.39, 0.29) is 5.82 Å². The zero-order valence-electron chi connectivity index (χ0n) is 17.7. The summed E-state index contributed by atoms with van der Waals surface area (Å²) < 4.78 is 42.6. The van der Waals surface area contributed by atoms with Gasteiger partial charge >= 0.3 is 0 Å². The molecule has 2 aromatic rings. The summed E-state index contributed by atoms with van der Waals surface area (Å²) in [6, 6.07) is 6.72. The van der Waals surface area contributed by atoms with E-state index in [0.29, 0.717) is 18.1 Å². The van der Waals surface area contributed by atoms with E-state index >= 15 is 0 Å². The molecular weight excluding hydrogens is 407 g/mol. The molecule has 0 bridgehead atoms. The second kappa shape index (κ2) is 8.82. The Morgan fingerprint density at radius 2 is 1.97 bits per heavy atom. The first-order valence-corrected chi connectivity index (χ1v) is 14.0. The van der Waals surface area contributed by atoms with Gasteiger partial charge in [-0.1, -0.05) is 4.40 Å². The van der Waals surface area contributed by atoms with Gasteiger partial charge in [0.15, 0.2) is 0 Å². The molecule has 4 nitrogen and oxygen atoms in total. The Balaban J connectivity index is 1.67. The summed E-state index contributed by atoms with van der Waals surface area (Å²) in [7, 11) is -2.13. The van der Waals surface area contributed by atoms with Crippen LogP contribution in [0.2, 0.25) is 0 Å². The minimum Gasteiger partial charge on any atom is -0.591 e. The van der Waals surface area contributed by atoms with Gasteiger partial charge in [0.2, 0.25) is 0 Å². The van der Waals surface area contributed by atoms with Crippen LogP contribution in [0, 0.1) is 5.82 Å². The number of nitrogens with zero attached hydrogens (tertiary/aromatic N) is 2. The molecule has 0 N–H and O–H groups in total. The monoisotopic (exact) mass is 438 g/mol. The highest BCUT2D eigenvalue weighted by molar-refractivity contribution is 8.01. The standard InChI is InChI=1S/C22H31FN2O2S2/c1-22(2,12-14-29(3,4)27)28(26)25-18-8-5-16(6-9-18)19-11-13-24-21-10-7-17(23)15-20(19)21/h7,10-11,13,15-16,29H,5-6,8-9,12,14H2,1-4H3. The average molecular weight is 439 g/mol. The maximum absolute atomic E-state index is 13.7. The molecule has 7 heteroatoms. The molecule has 3 rings (SSSR count). The largest absolute Gasteiger partial charge is 0.591 e. The molecule has 1 aliphatic carbocycles. The van der Waals surface area contributed by atoms with Gasteiger partial charge in [-0.3, -0.25) is 9.19 Å². The number of fused-ring (bicyclic) bond motifs is 1. The normalized spacial score (nSPS) is 19.9. The third kappa shape index (κ3) is 5.86. The van der Waals surface area contributed by atoms with Crippen molar-refractivity contribution in [1.29, 1.82) is 0 Å². The molecule has 1 aliphatic rings. The molecule has 160 valence electrons. The van der Waals surface area contributed by atoms with Gasteiger partial charge in [0.05, 0.1) is 11.2 Å². The van der Waals surface area contributed by atoms with Crippen LogP contribution in [0.1, 0.15) is 57.4 Å². The molecule has 1 heterocycles. The van der Waals surface area contributed by atoms with Gasteiger partial charge < -0.3 is 4.55 Å². The Morgan fingerprint density at radius 3 is 2.62 bits per heavy atom. The van der Waals surface area contributed by atoms with Gasteiger partial charge in [0.25, 0.3) is 0 Å². The van der Waals surface area contributed by atoms with Gasteiger partial charge in [0.1, 0.15) is 21.9 Å². The zero-order chi connectivity index (χ0) is 21.2. The fourth-order valence-corrected chi connectivity index (χ4v) is 5.91. The summed E-state index contributed by atoms with van der Waals surface area (Å²) in [5.41, 5.74) is 2.94. The van der Waals surface area contributed by atoms with Crippen molar-refractivity contribution >= 4 is 37.9 Å². The highest BCUT2D eigenvalue weighted by atomic mass is 32.2. The van der Waals surface area contributed by atoms with Gasteiger partial charge in [0, 0.05) is 23.8 Å². The Bertz CT molecular complexity index is 945. The summed E-state index contributed by atoms with van der Waals surface area (Å²) in [6.45, 7) is 3.87. The number of halogens is 1. The summed E-state index contributed by atoms with van der Waals surface area (Å²) in [5.74, 6) is 0.671. The lowest BCUT2D eigenvalue weighted by atomic mass is 9.82. The SMILES string of the molecule is CC(C)(CC[SH](C)(C)=O)[S+]([O-])N=C1CCC(c2ccnc3ccc(F)cc23)CC1. The summed E-state index contributed by atoms with van der Waals surface area (Å²) in [6.07, 6.45) is 9.38. The Morgan fingerprint density at radius 1 is 1.28 bits per heavy atom. The van der Waals surface area contributed by atoms with E-state index in [1.807, 2.05) is 19.9 Å². The van der Waals surface area contributed by atoms with E-state index < -0.39 is 26.0 Å². The van der Waals surface area contributed by atoms with E-state index in [1.54, 1.807) is 30.8 Å². The predicted octanol–water partition coefficient (Wildman–Crippen LogP) is 4.58. The molecule has 1 atom stereocenters. The fourth-order valence-electron chi connectivity index (χ4n) is 3.72. The van der Waals surface area contributed by atoms with Gasteiger partial charge in [-0.2, -0.15) is 0 Å². The van der Waals surface area contributed by atoms with Crippen LogP contribution in [0.15, 0.2) is 34.9 Å². The summed E-state index contributed by atoms with van der Waals surface area (Å²) in [4.78, 5) is 4.34. The van der Waals surface area contributed by atoms with Crippen molar-refractivity contribution in [3.63, 3.8) is 0 Å². The van der Waals surface area contributed by atoms with Crippen LogP contribution in [-0.4, -0.2) is 42.5 Å². The van der Waals surface area contributed by atoms with Crippen molar-refractivity contribution in [3.05, 3.63) is 41.8 Å². The minimum absolute atomic E-state index is 0.244. The van der Waals surface area contributed by atoms with Crippen molar-refractivity contribution in [2.24, 2.45) is 4.40 Å². The molecule has 1 unspecified atom stereocenters. The maximum atomic E-state index is 13.7. The summed E-state index contributed by atoms with van der Waals surface area (Å²) >= 11 is -1.34. The van der Waals surface area contributed by atoms with Gasteiger partial charge in [-0.05, 0) is 87.8 Å². The van der Waals surface area contributed by atoms with E-state index in [1.165, 1.54) is 6.07 Å². The Hall–Kier alpha value is -1.31. The first-order valence-electron chi connectivity index (χ1n) is 10.1. The third-order valence-electron chi connectivity index (χ3n) is 5.68. The Labute approximate surface area is 177 Å². The predicted molar refractivity (Wildman–Crippen MR) is 123 cm³/mol. The molecule has 0 aliphatic heterocycles. The molecule has 0 spiro atoms. The molecule has 0 saturated heterocycles. The van der Waals surface area contributed by atoms with Crippen LogP contribution in [0.3, 0.4) is 0 Å². The molecule has 0 amide bonds. The number of rotatable bonds is 6. The van der Waals surface area contributed by atoms with Crippen LogP contribution in [-0.2, 0) is 21.3 Å².